The number of nitrogens with zero attached hydrogens (tertiary/aromatic N) is 8. The van der Waals surface area contributed by atoms with E-state index in [1.165, 1.54) is 67.5 Å². The fourth-order valence-electron chi connectivity index (χ4n) is 9.70. The molecule has 1 aliphatic heterocycles. The summed E-state index contributed by atoms with van der Waals surface area (Å²) in [6, 6.07) is 8.72. The minimum absolute atomic E-state index is 0.0358. The summed E-state index contributed by atoms with van der Waals surface area (Å²) in [5.41, 5.74) is 6.34. The third-order valence-electron chi connectivity index (χ3n) is 14.4. The number of carboxylic acids is 2. The zero-order chi connectivity index (χ0) is 77.4. The summed E-state index contributed by atoms with van der Waals surface area (Å²) in [5.74, 6) is -3.59. The van der Waals surface area contributed by atoms with E-state index >= 15 is 0 Å². The van der Waals surface area contributed by atoms with Crippen molar-refractivity contribution in [3.8, 4) is 34.9 Å². The number of halogens is 8. The number of aromatic nitrogens is 9. The molecule has 7 N–H and O–H groups in total. The maximum Gasteiger partial charge on any atom is 0.419 e. The summed E-state index contributed by atoms with van der Waals surface area (Å²) in [5, 5.41) is 21.5. The molecule has 9 aromatic rings. The fraction of sp³-hybridized carbons (Fsp3) is 0.397. The number of aromatic amines is 2. The van der Waals surface area contributed by atoms with Crippen molar-refractivity contribution in [3.05, 3.63) is 139 Å². The van der Waals surface area contributed by atoms with Gasteiger partial charge in [-0.2, -0.15) is 0 Å². The predicted molar refractivity (Wildman–Crippen MR) is 388 cm³/mol. The predicted octanol–water partition coefficient (Wildman–Crippen LogP) is 15.3. The number of amides is 3. The number of carbonyl (C=O) groups excluding carboxylic acids is 3. The van der Waals surface area contributed by atoms with Gasteiger partial charge >= 0.3 is 24.1 Å². The number of benzene rings is 3. The van der Waals surface area contributed by atoms with Gasteiger partial charge in [0.25, 0.3) is 5.91 Å². The van der Waals surface area contributed by atoms with E-state index in [0.29, 0.717) is 51.6 Å². The number of alkyl halides is 2. The molecule has 37 heteroatoms. The number of carbonyl (C=O) groups is 5. The minimum Gasteiger partial charge on any atom is -0.492 e. The van der Waals surface area contributed by atoms with Crippen molar-refractivity contribution in [1.82, 2.24) is 54.7 Å². The van der Waals surface area contributed by atoms with Crippen LogP contribution in [-0.2, 0) is 20.9 Å². The average molecular weight is 1580 g/mol. The van der Waals surface area contributed by atoms with Crippen LogP contribution < -0.4 is 39.5 Å². The van der Waals surface area contributed by atoms with E-state index in [1.54, 1.807) is 66.9 Å². The number of nitrogens with one attached hydrogen (secondary N) is 3. The van der Waals surface area contributed by atoms with E-state index in [9.17, 15) is 47.4 Å². The van der Waals surface area contributed by atoms with Crippen molar-refractivity contribution >= 4 is 130 Å². The van der Waals surface area contributed by atoms with Crippen molar-refractivity contribution in [2.45, 2.75) is 124 Å². The van der Waals surface area contributed by atoms with Gasteiger partial charge in [-0.15, -0.1) is 23.2 Å². The summed E-state index contributed by atoms with van der Waals surface area (Å²) < 4.78 is 95.3. The Hall–Kier alpha value is -9.15. The number of fused-ring (bicyclic) bond motifs is 4. The van der Waals surface area contributed by atoms with Crippen molar-refractivity contribution in [2.24, 2.45) is 5.73 Å². The lowest BCUT2D eigenvalue weighted by molar-refractivity contribution is -0.000855. The molecule has 3 atom stereocenters. The first-order valence-electron chi connectivity index (χ1n) is 32.2. The van der Waals surface area contributed by atoms with Crippen LogP contribution in [-0.4, -0.2) is 160 Å². The maximum atomic E-state index is 14.7. The quantitative estimate of drug-likeness (QED) is 0.0234. The van der Waals surface area contributed by atoms with Crippen LogP contribution in [0.2, 0.25) is 40.8 Å². The van der Waals surface area contributed by atoms with Gasteiger partial charge in [-0.3, -0.25) is 4.79 Å². The molecular formula is C68H78Cl5F3N12O16Si. The molecule has 0 fully saturated rings. The number of carboxylic acid groups (broad SMARTS) is 2. The van der Waals surface area contributed by atoms with E-state index in [-0.39, 0.29) is 129 Å². The third-order valence-corrected chi connectivity index (χ3v) is 17.3. The molecule has 566 valence electrons. The molecule has 6 aromatic heterocycles. The van der Waals surface area contributed by atoms with Gasteiger partial charge in [0.15, 0.2) is 16.9 Å². The summed E-state index contributed by atoms with van der Waals surface area (Å²) in [4.78, 5) is 93.3. The van der Waals surface area contributed by atoms with Gasteiger partial charge < -0.3 is 78.4 Å². The van der Waals surface area contributed by atoms with Gasteiger partial charge in [0.2, 0.25) is 17.6 Å². The number of aromatic carboxylic acids is 2. The first kappa shape index (κ1) is 83.1. The summed E-state index contributed by atoms with van der Waals surface area (Å²) in [7, 11) is -1.32. The van der Waals surface area contributed by atoms with Crippen LogP contribution in [0.1, 0.15) is 128 Å². The number of nitrogens with two attached hydrogens (primary N) is 1. The molecule has 0 saturated carbocycles. The standard InChI is InChI=1S/C33H46ClFN4O9Si.C17H16ClFN4O4.C17H14ClFN4O3.CH2Cl2/c1-20(46-24-17-36-28-27(37-24)21(29(40)41)18-38(28)19-44-15-16-49(8,9)10)25-23(12-11-22(35)26(25)34)45-14-13-39(30(42)47-32(2,3)4)31(43)48-33(5,6)7;1-8(13-11(26-5-4-20)3-2-10(19)14(13)18)27-12-7-22-16-15(23-12)9(6-21-16)17(24)25;1-8-13-11(3-2-10(19)14(13)18)25-5-4-20-17(24)9-6-21-16-15(9)23-12(26-8)7-22-16;2-1-3/h11-12,17-18,20H,13-16,19H2,1-10H3,(H,40,41);2-3,6-8H,4-5,20H2,1H3,(H,21,22)(H,24,25);2-3,6-8H,4-5H2,1H3,(H,20,24)(H,21,22);1H2. The molecule has 28 nitrogen and oxygen atoms in total. The lowest BCUT2D eigenvalue weighted by atomic mass is 10.1. The Labute approximate surface area is 626 Å². The van der Waals surface area contributed by atoms with Crippen LogP contribution in [0, 0.1) is 17.5 Å². The van der Waals surface area contributed by atoms with E-state index in [0.717, 1.165) is 17.0 Å². The summed E-state index contributed by atoms with van der Waals surface area (Å²) in [6.45, 7) is 22.6. The molecule has 0 saturated heterocycles. The first-order chi connectivity index (χ1) is 49.4. The van der Waals surface area contributed by atoms with Gasteiger partial charge in [0.05, 0.1) is 74.3 Å². The molecule has 0 radical (unpaired) electrons. The number of H-pyrrole nitrogens is 2. The molecule has 3 aromatic carbocycles. The normalized spacial score (nSPS) is 13.6. The van der Waals surface area contributed by atoms with Crippen LogP contribution in [0.3, 0.4) is 0 Å². The lowest BCUT2D eigenvalue weighted by Gasteiger charge is -2.28. The molecule has 3 unspecified atom stereocenters. The van der Waals surface area contributed by atoms with E-state index in [2.05, 4.69) is 64.8 Å². The van der Waals surface area contributed by atoms with Crippen molar-refractivity contribution in [3.63, 3.8) is 0 Å². The molecule has 1 aliphatic rings. The highest BCUT2D eigenvalue weighted by Crippen LogP contribution is 2.40. The Balaban J connectivity index is 0.000000232. The van der Waals surface area contributed by atoms with Crippen LogP contribution in [0.5, 0.6) is 34.9 Å². The summed E-state index contributed by atoms with van der Waals surface area (Å²) >= 11 is 28.1. The minimum atomic E-state index is -1.32. The van der Waals surface area contributed by atoms with Gasteiger partial charge in [-0.05, 0) is 105 Å². The first-order valence-corrected chi connectivity index (χ1v) is 38.1. The van der Waals surface area contributed by atoms with Gasteiger partial charge in [-0.25, -0.2) is 67.2 Å². The van der Waals surface area contributed by atoms with Gasteiger partial charge in [0, 0.05) is 39.8 Å². The Bertz CT molecular complexity index is 4550. The van der Waals surface area contributed by atoms with Crippen molar-refractivity contribution < 1.29 is 90.0 Å². The molecule has 7 heterocycles. The molecular weight excluding hydrogens is 1500 g/mol. The Morgan fingerprint density at radius 3 is 1.81 bits per heavy atom. The van der Waals surface area contributed by atoms with E-state index in [1.807, 2.05) is 0 Å². The van der Waals surface area contributed by atoms with E-state index in [4.69, 9.17) is 106 Å². The van der Waals surface area contributed by atoms with Crippen molar-refractivity contribution in [2.75, 3.05) is 51.4 Å². The van der Waals surface area contributed by atoms with E-state index < -0.39 is 79.2 Å². The molecule has 10 rings (SSSR count). The Morgan fingerprint density at radius 2 is 1.25 bits per heavy atom. The zero-order valence-corrected chi connectivity index (χ0v) is 63.8. The second kappa shape index (κ2) is 36.7. The van der Waals surface area contributed by atoms with Gasteiger partial charge in [-0.1, -0.05) is 54.4 Å². The molecule has 3 amide bonds. The Morgan fingerprint density at radius 1 is 0.724 bits per heavy atom. The number of imide groups is 1. The van der Waals surface area contributed by atoms with Crippen LogP contribution in [0.4, 0.5) is 22.8 Å². The highest BCUT2D eigenvalue weighted by Gasteiger charge is 2.33. The second-order valence-electron chi connectivity index (χ2n) is 26.0. The van der Waals surface area contributed by atoms with Crippen LogP contribution in [0.25, 0.3) is 33.5 Å². The van der Waals surface area contributed by atoms with Crippen LogP contribution >= 0.6 is 58.0 Å². The number of hydrogen-bond acceptors (Lipinski definition) is 21. The summed E-state index contributed by atoms with van der Waals surface area (Å²) in [6.07, 6.45) is 4.07. The highest BCUT2D eigenvalue weighted by molar-refractivity contribution is 6.76. The molecule has 105 heavy (non-hydrogen) atoms. The smallest absolute Gasteiger partial charge is 0.419 e. The number of hydrogen-bond donors (Lipinski definition) is 6. The molecule has 0 spiro atoms. The van der Waals surface area contributed by atoms with Crippen molar-refractivity contribution in [1.29, 1.82) is 0 Å². The maximum absolute atomic E-state index is 14.7. The average Bonchev–Trinajstić information content (AvgIpc) is 1.62. The lowest BCUT2D eigenvalue weighted by Crippen LogP contribution is -2.45. The zero-order valence-electron chi connectivity index (χ0n) is 59.0. The number of ether oxygens (including phenoxy) is 9. The number of rotatable bonds is 20. The largest absolute Gasteiger partial charge is 0.492 e. The fourth-order valence-corrected chi connectivity index (χ4v) is 11.4. The van der Waals surface area contributed by atoms with Gasteiger partial charge in [0.1, 0.15) is 118 Å². The third kappa shape index (κ3) is 22.7. The second-order valence-corrected chi connectivity index (χ2v) is 33.5. The Kier molecular flexibility index (Phi) is 29.1. The highest BCUT2D eigenvalue weighted by atomic mass is 35.5. The molecule has 2 bridgehead atoms. The van der Waals surface area contributed by atoms with Crippen LogP contribution in [0.15, 0.2) is 73.6 Å². The SMILES string of the molecule is CC(Oc1cnc2[nH]cc(C(=O)O)c2n1)c1c(OCCN)ccc(F)c1Cl.CC(Oc1cnc2c(n1)c(C(=O)O)cn2COCC[Si](C)(C)C)c1c(OCCN(C(=O)OC(C)(C)C)C(=O)OC(C)(C)C)ccc(F)c1Cl.CC1Oc2cnc3[nH]cc(c3n2)C(=O)NCCOc2ccc(F)c(Cl)c21.ClCCl. The molecule has 0 aliphatic carbocycles. The monoisotopic (exact) mass is 1580 g/mol. The topological polar surface area (TPSA) is 364 Å².